The first-order valence-electron chi connectivity index (χ1n) is 9.21. The molecule has 5 nitrogen and oxygen atoms in total. The molecular weight excluding hydrogens is 333 g/mol. The van der Waals surface area contributed by atoms with Crippen LogP contribution in [0, 0.1) is 5.82 Å². The van der Waals surface area contributed by atoms with Crippen molar-refractivity contribution in [3.05, 3.63) is 47.4 Å². The molecule has 0 bridgehead atoms. The number of aromatic nitrogens is 2. The third-order valence-corrected chi connectivity index (χ3v) is 5.14. The van der Waals surface area contributed by atoms with Gasteiger partial charge in [0.05, 0.1) is 6.04 Å². The van der Waals surface area contributed by atoms with Crippen molar-refractivity contribution in [2.45, 2.75) is 57.4 Å². The molecule has 0 amide bonds. The summed E-state index contributed by atoms with van der Waals surface area (Å²) in [6, 6.07) is 6.78. The Morgan fingerprint density at radius 1 is 1.19 bits per heavy atom. The van der Waals surface area contributed by atoms with Crippen LogP contribution in [0.25, 0.3) is 0 Å². The molecule has 2 heterocycles. The molecule has 1 N–H and O–H groups in total. The Labute approximate surface area is 154 Å². The summed E-state index contributed by atoms with van der Waals surface area (Å²) in [5.74, 6) is 1.09. The minimum atomic E-state index is -0.210. The smallest absolute Gasteiger partial charge is 0.243 e. The Balaban J connectivity index is 1.73. The second-order valence-corrected chi connectivity index (χ2v) is 8.21. The average Bonchev–Trinajstić information content (AvgIpc) is 3.12. The Morgan fingerprint density at radius 3 is 2.42 bits per heavy atom. The minimum Gasteiger partial charge on any atom is -0.381 e. The van der Waals surface area contributed by atoms with Crippen LogP contribution in [0.2, 0.25) is 0 Å². The highest BCUT2D eigenvalue weighted by molar-refractivity contribution is 5.27. The van der Waals surface area contributed by atoms with E-state index in [0.29, 0.717) is 24.9 Å². The van der Waals surface area contributed by atoms with Crippen molar-refractivity contribution in [1.29, 1.82) is 0 Å². The van der Waals surface area contributed by atoms with E-state index >= 15 is 0 Å². The number of benzene rings is 1. The summed E-state index contributed by atoms with van der Waals surface area (Å²) in [5, 5.41) is 7.64. The first-order valence-corrected chi connectivity index (χ1v) is 9.21. The summed E-state index contributed by atoms with van der Waals surface area (Å²) >= 11 is 0. The second-order valence-electron chi connectivity index (χ2n) is 8.21. The van der Waals surface area contributed by atoms with Crippen molar-refractivity contribution in [2.75, 3.05) is 19.8 Å². The van der Waals surface area contributed by atoms with Crippen LogP contribution in [0.3, 0.4) is 0 Å². The lowest BCUT2D eigenvalue weighted by Gasteiger charge is -2.38. The third kappa shape index (κ3) is 4.13. The van der Waals surface area contributed by atoms with Crippen molar-refractivity contribution < 1.29 is 13.7 Å². The van der Waals surface area contributed by atoms with Gasteiger partial charge in [0.25, 0.3) is 0 Å². The number of hydrogen-bond acceptors (Lipinski definition) is 5. The maximum absolute atomic E-state index is 13.3. The van der Waals surface area contributed by atoms with Crippen LogP contribution in [0.1, 0.15) is 63.9 Å². The molecule has 6 heteroatoms. The molecule has 0 saturated carbocycles. The van der Waals surface area contributed by atoms with Crippen LogP contribution in [-0.4, -0.2) is 29.9 Å². The first kappa shape index (κ1) is 19.0. The fraction of sp³-hybridized carbons (Fsp3) is 0.600. The van der Waals surface area contributed by atoms with Crippen molar-refractivity contribution in [1.82, 2.24) is 15.5 Å². The summed E-state index contributed by atoms with van der Waals surface area (Å²) in [6.45, 7) is 10.4. The van der Waals surface area contributed by atoms with Gasteiger partial charge in [-0.05, 0) is 37.5 Å². The molecular formula is C20H28FN3O2. The van der Waals surface area contributed by atoms with Crippen molar-refractivity contribution in [3.8, 4) is 0 Å². The predicted molar refractivity (Wildman–Crippen MR) is 97.5 cm³/mol. The van der Waals surface area contributed by atoms with E-state index in [1.54, 1.807) is 0 Å². The fourth-order valence-electron chi connectivity index (χ4n) is 3.28. The molecule has 1 saturated heterocycles. The van der Waals surface area contributed by atoms with Crippen molar-refractivity contribution >= 4 is 0 Å². The number of hydrogen-bond donors (Lipinski definition) is 1. The van der Waals surface area contributed by atoms with Crippen LogP contribution in [-0.2, 0) is 15.6 Å². The van der Waals surface area contributed by atoms with Crippen LogP contribution < -0.4 is 5.32 Å². The number of nitrogens with zero attached hydrogens (tertiary/aromatic N) is 2. The second kappa shape index (κ2) is 7.45. The van der Waals surface area contributed by atoms with E-state index in [1.165, 1.54) is 12.1 Å². The zero-order valence-electron chi connectivity index (χ0n) is 16.0. The highest BCUT2D eigenvalue weighted by Crippen LogP contribution is 2.35. The molecule has 0 unspecified atom stereocenters. The van der Waals surface area contributed by atoms with Gasteiger partial charge < -0.3 is 14.6 Å². The van der Waals surface area contributed by atoms with E-state index in [1.807, 2.05) is 19.1 Å². The molecule has 1 aromatic heterocycles. The third-order valence-electron chi connectivity index (χ3n) is 5.14. The van der Waals surface area contributed by atoms with Gasteiger partial charge in [0, 0.05) is 30.6 Å². The van der Waals surface area contributed by atoms with E-state index in [2.05, 4.69) is 36.2 Å². The maximum Gasteiger partial charge on any atom is 0.243 e. The number of halogens is 1. The molecule has 1 aliphatic heterocycles. The van der Waals surface area contributed by atoms with Gasteiger partial charge in [-0.25, -0.2) is 4.39 Å². The number of nitrogens with one attached hydrogen (secondary N) is 1. The highest BCUT2D eigenvalue weighted by Gasteiger charge is 2.35. The van der Waals surface area contributed by atoms with E-state index < -0.39 is 0 Å². The lowest BCUT2D eigenvalue weighted by molar-refractivity contribution is 0.0486. The summed E-state index contributed by atoms with van der Waals surface area (Å²) in [6.07, 6.45) is 1.80. The standard InChI is InChI=1S/C20H28FN3O2/c1-14(17-23-18(24-26-17)19(2,3)4)22-13-20(9-11-25-12-10-20)15-5-7-16(21)8-6-15/h5-8,14,22H,9-13H2,1-4H3/t14-/m0/s1. The van der Waals surface area contributed by atoms with Gasteiger partial charge in [-0.15, -0.1) is 0 Å². The summed E-state index contributed by atoms with van der Waals surface area (Å²) < 4.78 is 24.4. The van der Waals surface area contributed by atoms with Crippen molar-refractivity contribution in [3.63, 3.8) is 0 Å². The van der Waals surface area contributed by atoms with Crippen LogP contribution in [0.5, 0.6) is 0 Å². The fourth-order valence-corrected chi connectivity index (χ4v) is 3.28. The monoisotopic (exact) mass is 361 g/mol. The van der Waals surface area contributed by atoms with Crippen LogP contribution >= 0.6 is 0 Å². The Bertz CT molecular complexity index is 715. The Kier molecular flexibility index (Phi) is 5.44. The Hall–Kier alpha value is -1.79. The molecule has 0 aliphatic carbocycles. The molecule has 1 aliphatic rings. The Morgan fingerprint density at radius 2 is 1.85 bits per heavy atom. The van der Waals surface area contributed by atoms with Gasteiger partial charge in [0.15, 0.2) is 5.82 Å². The van der Waals surface area contributed by atoms with E-state index in [4.69, 9.17) is 9.26 Å². The van der Waals surface area contributed by atoms with Gasteiger partial charge in [0.2, 0.25) is 5.89 Å². The summed E-state index contributed by atoms with van der Waals surface area (Å²) in [5.41, 5.74) is 0.924. The van der Waals surface area contributed by atoms with Gasteiger partial charge in [-0.3, -0.25) is 0 Å². The van der Waals surface area contributed by atoms with Gasteiger partial charge in [-0.1, -0.05) is 38.1 Å². The molecule has 1 atom stereocenters. The van der Waals surface area contributed by atoms with E-state index in [0.717, 1.165) is 24.9 Å². The highest BCUT2D eigenvalue weighted by atomic mass is 19.1. The largest absolute Gasteiger partial charge is 0.381 e. The summed E-state index contributed by atoms with van der Waals surface area (Å²) in [4.78, 5) is 4.54. The average molecular weight is 361 g/mol. The molecule has 0 spiro atoms. The van der Waals surface area contributed by atoms with E-state index in [-0.39, 0.29) is 22.7 Å². The lowest BCUT2D eigenvalue weighted by Crippen LogP contribution is -2.43. The molecule has 1 aromatic carbocycles. The van der Waals surface area contributed by atoms with Gasteiger partial charge in [0.1, 0.15) is 5.82 Å². The molecule has 142 valence electrons. The van der Waals surface area contributed by atoms with E-state index in [9.17, 15) is 4.39 Å². The number of rotatable bonds is 5. The molecule has 26 heavy (non-hydrogen) atoms. The topological polar surface area (TPSA) is 60.2 Å². The van der Waals surface area contributed by atoms with Gasteiger partial charge in [-0.2, -0.15) is 4.98 Å². The normalized spacial score (nSPS) is 18.7. The van der Waals surface area contributed by atoms with Crippen LogP contribution in [0.4, 0.5) is 4.39 Å². The minimum absolute atomic E-state index is 0.0567. The molecule has 3 rings (SSSR count). The van der Waals surface area contributed by atoms with Crippen molar-refractivity contribution in [2.24, 2.45) is 0 Å². The van der Waals surface area contributed by atoms with Gasteiger partial charge >= 0.3 is 0 Å². The maximum atomic E-state index is 13.3. The molecule has 0 radical (unpaired) electrons. The van der Waals surface area contributed by atoms with Crippen LogP contribution in [0.15, 0.2) is 28.8 Å². The number of ether oxygens (including phenoxy) is 1. The summed E-state index contributed by atoms with van der Waals surface area (Å²) in [7, 11) is 0. The molecule has 1 fully saturated rings. The predicted octanol–water partition coefficient (Wildman–Crippen LogP) is 3.91. The first-order chi connectivity index (χ1) is 12.3. The zero-order valence-corrected chi connectivity index (χ0v) is 16.0. The zero-order chi connectivity index (χ0) is 18.8. The lowest BCUT2D eigenvalue weighted by atomic mass is 9.74. The molecule has 2 aromatic rings. The SMILES string of the molecule is C[C@H](NCC1(c2ccc(F)cc2)CCOCC1)c1nc(C(C)(C)C)no1. The quantitative estimate of drug-likeness (QED) is 0.875.